The molecule has 1 aromatic rings. The summed E-state index contributed by atoms with van der Waals surface area (Å²) in [5.41, 5.74) is 0.0927. The van der Waals surface area contributed by atoms with Crippen LogP contribution in [0.3, 0.4) is 0 Å². The molecular formula is C21H29F2N5O2. The van der Waals surface area contributed by atoms with E-state index >= 15 is 0 Å². The summed E-state index contributed by atoms with van der Waals surface area (Å²) < 4.78 is 28.9. The molecule has 1 atom stereocenters. The third kappa shape index (κ3) is 4.66. The Hall–Kier alpha value is -2.42. The third-order valence-corrected chi connectivity index (χ3v) is 6.14. The molecule has 0 spiro atoms. The predicted octanol–water partition coefficient (Wildman–Crippen LogP) is 2.38. The first kappa shape index (κ1) is 20.8. The average molecular weight is 421 g/mol. The highest BCUT2D eigenvalue weighted by atomic mass is 19.1. The van der Waals surface area contributed by atoms with E-state index in [0.717, 1.165) is 25.7 Å². The molecule has 1 unspecified atom stereocenters. The van der Waals surface area contributed by atoms with Crippen molar-refractivity contribution >= 4 is 23.3 Å². The van der Waals surface area contributed by atoms with Crippen LogP contribution in [-0.4, -0.2) is 73.1 Å². The SMILES string of the molecule is CC(C(=O)NC1CC1)N1CCN(C(=O)Nc2cc(F)c(N3CCCC3)c(F)c2)CC1. The molecule has 0 bridgehead atoms. The summed E-state index contributed by atoms with van der Waals surface area (Å²) in [7, 11) is 0. The fourth-order valence-electron chi connectivity index (χ4n) is 4.11. The summed E-state index contributed by atoms with van der Waals surface area (Å²) in [4.78, 5) is 30.1. The lowest BCUT2D eigenvalue weighted by Crippen LogP contribution is -2.55. The molecule has 2 heterocycles. The first-order chi connectivity index (χ1) is 14.4. The molecule has 1 aromatic carbocycles. The Balaban J connectivity index is 1.31. The van der Waals surface area contributed by atoms with Crippen molar-refractivity contribution in [1.29, 1.82) is 0 Å². The fourth-order valence-corrected chi connectivity index (χ4v) is 4.11. The summed E-state index contributed by atoms with van der Waals surface area (Å²) in [5, 5.41) is 5.61. The molecule has 164 valence electrons. The molecule has 1 saturated carbocycles. The second-order valence-corrected chi connectivity index (χ2v) is 8.39. The van der Waals surface area contributed by atoms with Gasteiger partial charge in [-0.2, -0.15) is 0 Å². The number of piperazine rings is 1. The number of benzene rings is 1. The van der Waals surface area contributed by atoms with Crippen molar-refractivity contribution in [3.8, 4) is 0 Å². The first-order valence-electron chi connectivity index (χ1n) is 10.8. The maximum Gasteiger partial charge on any atom is 0.321 e. The van der Waals surface area contributed by atoms with Crippen LogP contribution in [0.1, 0.15) is 32.6 Å². The third-order valence-electron chi connectivity index (χ3n) is 6.14. The van der Waals surface area contributed by atoms with Gasteiger partial charge in [0.05, 0.1) is 6.04 Å². The molecule has 7 nitrogen and oxygen atoms in total. The molecule has 1 aliphatic carbocycles. The minimum absolute atomic E-state index is 0.0161. The van der Waals surface area contributed by atoms with Crippen molar-refractivity contribution in [2.45, 2.75) is 44.7 Å². The van der Waals surface area contributed by atoms with Crippen LogP contribution >= 0.6 is 0 Å². The molecule has 30 heavy (non-hydrogen) atoms. The van der Waals surface area contributed by atoms with Crippen LogP contribution < -0.4 is 15.5 Å². The highest BCUT2D eigenvalue weighted by molar-refractivity contribution is 5.89. The Morgan fingerprint density at radius 1 is 1.00 bits per heavy atom. The summed E-state index contributed by atoms with van der Waals surface area (Å²) in [6.07, 6.45) is 3.94. The van der Waals surface area contributed by atoms with Gasteiger partial charge in [-0.15, -0.1) is 0 Å². The Kier molecular flexibility index (Phi) is 6.08. The molecule has 2 N–H and O–H groups in total. The van der Waals surface area contributed by atoms with E-state index in [2.05, 4.69) is 10.6 Å². The number of amides is 3. The molecule has 2 saturated heterocycles. The van der Waals surface area contributed by atoms with Gasteiger partial charge < -0.3 is 20.4 Å². The van der Waals surface area contributed by atoms with Gasteiger partial charge >= 0.3 is 6.03 Å². The molecule has 4 rings (SSSR count). The number of carbonyl (C=O) groups is 2. The number of nitrogens with zero attached hydrogens (tertiary/aromatic N) is 3. The normalized spacial score (nSPS) is 20.9. The predicted molar refractivity (Wildman–Crippen MR) is 111 cm³/mol. The van der Waals surface area contributed by atoms with Gasteiger partial charge in [-0.3, -0.25) is 9.69 Å². The van der Waals surface area contributed by atoms with E-state index in [9.17, 15) is 18.4 Å². The van der Waals surface area contributed by atoms with Gasteiger partial charge in [-0.05, 0) is 44.7 Å². The van der Waals surface area contributed by atoms with E-state index in [1.807, 2.05) is 11.8 Å². The number of urea groups is 1. The highest BCUT2D eigenvalue weighted by Crippen LogP contribution is 2.30. The van der Waals surface area contributed by atoms with Crippen LogP contribution in [0.4, 0.5) is 25.0 Å². The summed E-state index contributed by atoms with van der Waals surface area (Å²) in [6.45, 7) is 5.20. The maximum atomic E-state index is 14.5. The summed E-state index contributed by atoms with van der Waals surface area (Å²) in [5.74, 6) is -1.29. The quantitative estimate of drug-likeness (QED) is 0.766. The molecular weight excluding hydrogens is 392 g/mol. The van der Waals surface area contributed by atoms with Crippen LogP contribution in [0, 0.1) is 11.6 Å². The van der Waals surface area contributed by atoms with Gasteiger partial charge in [0.15, 0.2) is 11.6 Å². The zero-order valence-electron chi connectivity index (χ0n) is 17.3. The fraction of sp³-hybridized carbons (Fsp3) is 0.619. The first-order valence-corrected chi connectivity index (χ1v) is 10.8. The highest BCUT2D eigenvalue weighted by Gasteiger charge is 2.31. The lowest BCUT2D eigenvalue weighted by atomic mass is 10.2. The van der Waals surface area contributed by atoms with Crippen molar-refractivity contribution in [3.63, 3.8) is 0 Å². The molecule has 3 aliphatic rings. The average Bonchev–Trinajstić information content (AvgIpc) is 3.37. The Bertz CT molecular complexity index is 780. The number of rotatable bonds is 5. The van der Waals surface area contributed by atoms with Crippen LogP contribution in [0.2, 0.25) is 0 Å². The largest absolute Gasteiger partial charge is 0.367 e. The molecule has 0 radical (unpaired) electrons. The van der Waals surface area contributed by atoms with Crippen LogP contribution in [0.15, 0.2) is 12.1 Å². The topological polar surface area (TPSA) is 67.9 Å². The Morgan fingerprint density at radius 3 is 2.17 bits per heavy atom. The zero-order chi connectivity index (χ0) is 21.3. The van der Waals surface area contributed by atoms with Crippen LogP contribution in [0.5, 0.6) is 0 Å². The van der Waals surface area contributed by atoms with E-state index in [4.69, 9.17) is 0 Å². The van der Waals surface area contributed by atoms with Crippen LogP contribution in [-0.2, 0) is 4.79 Å². The Morgan fingerprint density at radius 2 is 1.60 bits per heavy atom. The standard InChI is InChI=1S/C21H29F2N5O2/c1-14(20(29)24-15-4-5-15)26-8-10-28(11-9-26)21(30)25-16-12-17(22)19(18(23)13-16)27-6-2-3-7-27/h12-15H,2-11H2,1H3,(H,24,29)(H,25,30). The van der Waals surface area contributed by atoms with Crippen LogP contribution in [0.25, 0.3) is 0 Å². The van der Waals surface area contributed by atoms with Gasteiger partial charge in [-0.25, -0.2) is 13.6 Å². The van der Waals surface area contributed by atoms with E-state index in [1.165, 1.54) is 12.1 Å². The van der Waals surface area contributed by atoms with Crippen molar-refractivity contribution in [1.82, 2.24) is 15.1 Å². The van der Waals surface area contributed by atoms with E-state index in [0.29, 0.717) is 45.3 Å². The lowest BCUT2D eigenvalue weighted by Gasteiger charge is -2.37. The van der Waals surface area contributed by atoms with E-state index in [-0.39, 0.29) is 23.3 Å². The number of halogens is 2. The molecule has 0 aromatic heterocycles. The second-order valence-electron chi connectivity index (χ2n) is 8.39. The maximum absolute atomic E-state index is 14.5. The number of carbonyl (C=O) groups excluding carboxylic acids is 2. The van der Waals surface area contributed by atoms with Crippen molar-refractivity contribution in [2.75, 3.05) is 49.5 Å². The molecule has 2 aliphatic heterocycles. The second kappa shape index (κ2) is 8.75. The van der Waals surface area contributed by atoms with Gasteiger partial charge in [0.2, 0.25) is 5.91 Å². The molecule has 3 fully saturated rings. The molecule has 3 amide bonds. The Labute approximate surface area is 175 Å². The van der Waals surface area contributed by atoms with Gasteiger partial charge in [0.25, 0.3) is 0 Å². The lowest BCUT2D eigenvalue weighted by molar-refractivity contribution is -0.126. The monoisotopic (exact) mass is 421 g/mol. The smallest absolute Gasteiger partial charge is 0.321 e. The van der Waals surface area contributed by atoms with Crippen molar-refractivity contribution in [2.24, 2.45) is 0 Å². The molecule has 9 heteroatoms. The van der Waals surface area contributed by atoms with Gasteiger partial charge in [0.1, 0.15) is 5.69 Å². The number of nitrogens with one attached hydrogen (secondary N) is 2. The zero-order valence-corrected chi connectivity index (χ0v) is 17.3. The number of hydrogen-bond donors (Lipinski definition) is 2. The van der Waals surface area contributed by atoms with Crippen molar-refractivity contribution < 1.29 is 18.4 Å². The summed E-state index contributed by atoms with van der Waals surface area (Å²) in [6, 6.07) is 2.05. The summed E-state index contributed by atoms with van der Waals surface area (Å²) >= 11 is 0. The van der Waals surface area contributed by atoms with E-state index < -0.39 is 17.7 Å². The van der Waals surface area contributed by atoms with Gasteiger partial charge in [0, 0.05) is 51.0 Å². The number of anilines is 2. The number of hydrogen-bond acceptors (Lipinski definition) is 4. The van der Waals surface area contributed by atoms with Gasteiger partial charge in [-0.1, -0.05) is 0 Å². The van der Waals surface area contributed by atoms with Crippen molar-refractivity contribution in [3.05, 3.63) is 23.8 Å². The van der Waals surface area contributed by atoms with E-state index in [1.54, 1.807) is 9.80 Å². The minimum atomic E-state index is -0.660. The minimum Gasteiger partial charge on any atom is -0.367 e.